The van der Waals surface area contributed by atoms with Gasteiger partial charge >= 0.3 is 12.2 Å². The molecule has 2 aromatic carbocycles. The third-order valence-corrected chi connectivity index (χ3v) is 6.89. The van der Waals surface area contributed by atoms with Crippen LogP contribution in [0.1, 0.15) is 22.3 Å². The summed E-state index contributed by atoms with van der Waals surface area (Å²) < 4.78 is 11.9. The molecule has 2 aliphatic heterocycles. The maximum absolute atomic E-state index is 13.8. The quantitative estimate of drug-likeness (QED) is 0.426. The molecule has 12 nitrogen and oxygen atoms in total. The number of ether oxygens (including phenoxy) is 2. The van der Waals surface area contributed by atoms with Crippen molar-refractivity contribution in [2.45, 2.75) is 24.6 Å². The molecule has 0 radical (unpaired) electrons. The molecule has 0 bridgehead atoms. The van der Waals surface area contributed by atoms with E-state index < -0.39 is 29.7 Å². The van der Waals surface area contributed by atoms with Crippen LogP contribution in [0.4, 0.5) is 21.0 Å². The summed E-state index contributed by atoms with van der Waals surface area (Å²) >= 11 is 6.23. The number of carbonyl (C=O) groups excluding carboxylic acids is 4. The molecule has 39 heavy (non-hydrogen) atoms. The van der Waals surface area contributed by atoms with E-state index in [4.69, 9.17) is 16.3 Å². The molecule has 1 saturated heterocycles. The summed E-state index contributed by atoms with van der Waals surface area (Å²) in [5, 5.41) is 12.6. The molecule has 0 aliphatic carbocycles. The lowest BCUT2D eigenvalue weighted by Crippen LogP contribution is -2.51. The number of methoxy groups -OCH3 is 1. The van der Waals surface area contributed by atoms with Gasteiger partial charge < -0.3 is 19.7 Å². The van der Waals surface area contributed by atoms with Crippen molar-refractivity contribution < 1.29 is 28.7 Å². The Morgan fingerprint density at radius 2 is 2.03 bits per heavy atom. The summed E-state index contributed by atoms with van der Waals surface area (Å²) in [5.74, 6) is -0.831. The standard InChI is InChI=1S/C26H25ClN6O6/c1-38-24(36)29-18-6-3-16(4-7-18)22(34)30-21(14-33-11-2-10-28-33)23(35)32-12-9-26(15-32)19-13-17(27)5-8-20(19)31-25(37)39-26/h2-8,10-11,13,21H,9,12,14-15H2,1H3,(H,29,36)(H,30,34)(H,31,37)/t21-,26?/m0/s1. The van der Waals surface area contributed by atoms with E-state index in [2.05, 4.69) is 25.8 Å². The largest absolute Gasteiger partial charge is 0.453 e. The van der Waals surface area contributed by atoms with Crippen LogP contribution in [-0.4, -0.2) is 64.9 Å². The number of hydrogen-bond donors (Lipinski definition) is 3. The minimum atomic E-state index is -1.05. The van der Waals surface area contributed by atoms with Crippen molar-refractivity contribution in [2.24, 2.45) is 0 Å². The number of carbonyl (C=O) groups is 4. The van der Waals surface area contributed by atoms with Crippen LogP contribution in [0.5, 0.6) is 0 Å². The molecule has 1 spiro atoms. The molecular weight excluding hydrogens is 528 g/mol. The van der Waals surface area contributed by atoms with Crippen LogP contribution >= 0.6 is 11.6 Å². The smallest absolute Gasteiger partial charge is 0.412 e. The highest BCUT2D eigenvalue weighted by molar-refractivity contribution is 6.30. The monoisotopic (exact) mass is 552 g/mol. The fourth-order valence-electron chi connectivity index (χ4n) is 4.76. The van der Waals surface area contributed by atoms with Crippen molar-refractivity contribution in [2.75, 3.05) is 30.8 Å². The molecule has 13 heteroatoms. The summed E-state index contributed by atoms with van der Waals surface area (Å²) in [7, 11) is 1.25. The number of anilines is 2. The molecule has 0 saturated carbocycles. The Kier molecular flexibility index (Phi) is 7.11. The molecule has 3 aromatic rings. The first-order chi connectivity index (χ1) is 18.8. The lowest BCUT2D eigenvalue weighted by atomic mass is 9.90. The Morgan fingerprint density at radius 1 is 1.23 bits per heavy atom. The molecule has 1 aromatic heterocycles. The average molecular weight is 553 g/mol. The van der Waals surface area contributed by atoms with Crippen LogP contribution in [0.3, 0.4) is 0 Å². The van der Waals surface area contributed by atoms with Gasteiger partial charge in [-0.2, -0.15) is 5.10 Å². The third-order valence-electron chi connectivity index (χ3n) is 6.65. The number of aromatic nitrogens is 2. The van der Waals surface area contributed by atoms with E-state index in [1.807, 2.05) is 0 Å². The average Bonchev–Trinajstić information content (AvgIpc) is 3.59. The van der Waals surface area contributed by atoms with Gasteiger partial charge in [0.05, 0.1) is 25.9 Å². The Labute approximate surface area is 228 Å². The molecule has 5 rings (SSSR count). The lowest BCUT2D eigenvalue weighted by molar-refractivity contribution is -0.133. The second kappa shape index (κ2) is 10.7. The predicted molar refractivity (Wildman–Crippen MR) is 140 cm³/mol. The zero-order valence-electron chi connectivity index (χ0n) is 20.8. The Bertz CT molecular complexity index is 1410. The number of benzene rings is 2. The number of hydrogen-bond acceptors (Lipinski definition) is 7. The molecule has 2 aliphatic rings. The van der Waals surface area contributed by atoms with Gasteiger partial charge in [-0.25, -0.2) is 9.59 Å². The molecule has 3 N–H and O–H groups in total. The van der Waals surface area contributed by atoms with Gasteiger partial charge in [-0.05, 0) is 48.5 Å². The van der Waals surface area contributed by atoms with Gasteiger partial charge in [-0.15, -0.1) is 0 Å². The molecule has 3 heterocycles. The number of rotatable bonds is 6. The van der Waals surface area contributed by atoms with E-state index in [1.54, 1.807) is 58.4 Å². The van der Waals surface area contributed by atoms with Crippen LogP contribution in [-0.2, 0) is 26.4 Å². The number of amides is 4. The fraction of sp³-hybridized carbons (Fsp3) is 0.269. The maximum Gasteiger partial charge on any atom is 0.412 e. The molecule has 2 atom stereocenters. The van der Waals surface area contributed by atoms with E-state index in [0.29, 0.717) is 34.9 Å². The topological polar surface area (TPSA) is 144 Å². The maximum atomic E-state index is 13.8. The van der Waals surface area contributed by atoms with E-state index in [9.17, 15) is 19.2 Å². The fourth-order valence-corrected chi connectivity index (χ4v) is 4.93. The highest BCUT2D eigenvalue weighted by atomic mass is 35.5. The van der Waals surface area contributed by atoms with Crippen molar-refractivity contribution >= 4 is 47.0 Å². The van der Waals surface area contributed by atoms with Gasteiger partial charge in [-0.1, -0.05) is 11.6 Å². The number of halogens is 1. The first-order valence-corrected chi connectivity index (χ1v) is 12.5. The molecule has 4 amide bonds. The number of nitrogens with one attached hydrogen (secondary N) is 3. The second-order valence-electron chi connectivity index (χ2n) is 9.16. The van der Waals surface area contributed by atoms with Crippen molar-refractivity contribution in [3.8, 4) is 0 Å². The van der Waals surface area contributed by atoms with Gasteiger partial charge in [0.2, 0.25) is 5.91 Å². The molecule has 1 fully saturated rings. The van der Waals surface area contributed by atoms with Gasteiger partial charge in [0.25, 0.3) is 5.91 Å². The highest BCUT2D eigenvalue weighted by Gasteiger charge is 2.49. The Balaban J connectivity index is 1.35. The summed E-state index contributed by atoms with van der Waals surface area (Å²) in [6.07, 6.45) is 2.40. The Hall–Kier alpha value is -4.58. The van der Waals surface area contributed by atoms with Gasteiger partial charge in [-0.3, -0.25) is 24.9 Å². The minimum absolute atomic E-state index is 0.0901. The van der Waals surface area contributed by atoms with Crippen molar-refractivity contribution in [1.29, 1.82) is 0 Å². The normalized spacial score (nSPS) is 18.5. The zero-order valence-corrected chi connectivity index (χ0v) is 21.6. The summed E-state index contributed by atoms with van der Waals surface area (Å²) in [6.45, 7) is 0.496. The first-order valence-electron chi connectivity index (χ1n) is 12.1. The van der Waals surface area contributed by atoms with Crippen LogP contribution in [0.15, 0.2) is 60.9 Å². The Morgan fingerprint density at radius 3 is 2.74 bits per heavy atom. The van der Waals surface area contributed by atoms with Crippen molar-refractivity contribution in [3.05, 3.63) is 77.1 Å². The van der Waals surface area contributed by atoms with Crippen molar-refractivity contribution in [3.63, 3.8) is 0 Å². The third kappa shape index (κ3) is 5.50. The van der Waals surface area contributed by atoms with Crippen LogP contribution in [0, 0.1) is 0 Å². The van der Waals surface area contributed by atoms with Crippen molar-refractivity contribution in [1.82, 2.24) is 20.0 Å². The number of fused-ring (bicyclic) bond motifs is 2. The molecular formula is C26H25ClN6O6. The van der Waals surface area contributed by atoms with Gasteiger partial charge in [0, 0.05) is 47.2 Å². The van der Waals surface area contributed by atoms with Crippen LogP contribution < -0.4 is 16.0 Å². The summed E-state index contributed by atoms with van der Waals surface area (Å²) in [5.41, 5.74) is 0.954. The van der Waals surface area contributed by atoms with E-state index in [-0.39, 0.29) is 24.6 Å². The lowest BCUT2D eigenvalue weighted by Gasteiger charge is -2.35. The van der Waals surface area contributed by atoms with Crippen LogP contribution in [0.25, 0.3) is 0 Å². The summed E-state index contributed by atoms with van der Waals surface area (Å²) in [4.78, 5) is 52.2. The highest BCUT2D eigenvalue weighted by Crippen LogP contribution is 2.43. The van der Waals surface area contributed by atoms with Crippen LogP contribution in [0.2, 0.25) is 5.02 Å². The molecule has 1 unspecified atom stereocenters. The van der Waals surface area contributed by atoms with E-state index in [0.717, 1.165) is 0 Å². The predicted octanol–water partition coefficient (Wildman–Crippen LogP) is 3.20. The van der Waals surface area contributed by atoms with E-state index >= 15 is 0 Å². The number of likely N-dealkylation sites (tertiary alicyclic amines) is 1. The first kappa shape index (κ1) is 26.0. The zero-order chi connectivity index (χ0) is 27.6. The van der Waals surface area contributed by atoms with E-state index in [1.165, 1.54) is 19.2 Å². The molecule has 202 valence electrons. The summed E-state index contributed by atoms with van der Waals surface area (Å²) in [6, 6.07) is 12.0. The SMILES string of the molecule is COC(=O)Nc1ccc(C(=O)N[C@@H](Cn2cccn2)C(=O)N2CCC3(C2)OC(=O)Nc2ccc(Cl)cc23)cc1. The second-order valence-corrected chi connectivity index (χ2v) is 9.59. The number of nitrogens with zero attached hydrogens (tertiary/aromatic N) is 3. The van der Waals surface area contributed by atoms with Gasteiger partial charge in [0.15, 0.2) is 5.60 Å². The van der Waals surface area contributed by atoms with Gasteiger partial charge in [0.1, 0.15) is 6.04 Å². The minimum Gasteiger partial charge on any atom is -0.453 e.